The first-order valence-corrected chi connectivity index (χ1v) is 6.83. The smallest absolute Gasteiger partial charge is 0.168 e. The first-order chi connectivity index (χ1) is 8.66. The molecule has 1 aliphatic carbocycles. The van der Waals surface area contributed by atoms with Crippen LogP contribution in [0.15, 0.2) is 24.4 Å². The monoisotopic (exact) mass is 261 g/mol. The van der Waals surface area contributed by atoms with Crippen molar-refractivity contribution in [3.8, 4) is 0 Å². The summed E-state index contributed by atoms with van der Waals surface area (Å²) in [6, 6.07) is 5.75. The van der Waals surface area contributed by atoms with Crippen LogP contribution in [0.1, 0.15) is 36.0 Å². The van der Waals surface area contributed by atoms with Crippen molar-refractivity contribution >= 4 is 28.3 Å². The van der Waals surface area contributed by atoms with Crippen LogP contribution in [0.5, 0.6) is 0 Å². The van der Waals surface area contributed by atoms with Gasteiger partial charge in [-0.15, -0.1) is 0 Å². The number of ketones is 1. The standard InChI is InChI=1S/C15H16ClNO/c1-17-9-13(15(18)10-4-2-3-5-10)12-8-11(16)6-7-14(12)17/h6-10H,2-5H2,1H3. The number of hydrogen-bond donors (Lipinski definition) is 0. The minimum Gasteiger partial charge on any atom is -0.350 e. The van der Waals surface area contributed by atoms with Crippen LogP contribution in [0, 0.1) is 5.92 Å². The number of aryl methyl sites for hydroxylation is 1. The summed E-state index contributed by atoms with van der Waals surface area (Å²) in [5, 5.41) is 1.68. The zero-order valence-corrected chi connectivity index (χ0v) is 11.2. The highest BCUT2D eigenvalue weighted by Gasteiger charge is 2.26. The van der Waals surface area contributed by atoms with Gasteiger partial charge in [-0.25, -0.2) is 0 Å². The van der Waals surface area contributed by atoms with Gasteiger partial charge in [-0.05, 0) is 31.0 Å². The number of benzene rings is 1. The Morgan fingerprint density at radius 2 is 2.06 bits per heavy atom. The predicted molar refractivity (Wildman–Crippen MR) is 74.2 cm³/mol. The average molecular weight is 262 g/mol. The second-order valence-electron chi connectivity index (χ2n) is 5.16. The third-order valence-electron chi connectivity index (χ3n) is 3.94. The summed E-state index contributed by atoms with van der Waals surface area (Å²) >= 11 is 6.04. The molecule has 1 saturated carbocycles. The third kappa shape index (κ3) is 1.85. The number of aromatic nitrogens is 1. The van der Waals surface area contributed by atoms with Gasteiger partial charge in [-0.3, -0.25) is 4.79 Å². The van der Waals surface area contributed by atoms with Crippen molar-refractivity contribution in [2.24, 2.45) is 13.0 Å². The number of Topliss-reactive ketones (excluding diaryl/α,β-unsaturated/α-hetero) is 1. The van der Waals surface area contributed by atoms with Crippen LogP contribution >= 0.6 is 11.6 Å². The van der Waals surface area contributed by atoms with E-state index in [1.807, 2.05) is 36.0 Å². The number of carbonyl (C=O) groups excluding carboxylic acids is 1. The van der Waals surface area contributed by atoms with Crippen molar-refractivity contribution in [2.75, 3.05) is 0 Å². The molecule has 1 heterocycles. The van der Waals surface area contributed by atoms with Crippen LogP contribution in [0.25, 0.3) is 10.9 Å². The molecule has 0 spiro atoms. The normalized spacial score (nSPS) is 16.6. The number of fused-ring (bicyclic) bond motifs is 1. The average Bonchev–Trinajstić information content (AvgIpc) is 2.97. The Bertz CT molecular complexity index is 608. The van der Waals surface area contributed by atoms with E-state index < -0.39 is 0 Å². The van der Waals surface area contributed by atoms with E-state index in [1.165, 1.54) is 12.8 Å². The molecule has 1 aromatic carbocycles. The van der Waals surface area contributed by atoms with Gasteiger partial charge < -0.3 is 4.57 Å². The van der Waals surface area contributed by atoms with Crippen molar-refractivity contribution in [3.05, 3.63) is 35.0 Å². The highest BCUT2D eigenvalue weighted by molar-refractivity contribution is 6.31. The topological polar surface area (TPSA) is 22.0 Å². The molecular formula is C15H16ClNO. The predicted octanol–water partition coefficient (Wildman–Crippen LogP) is 4.20. The Labute approximate surface area is 112 Å². The van der Waals surface area contributed by atoms with E-state index in [0.29, 0.717) is 10.8 Å². The molecule has 18 heavy (non-hydrogen) atoms. The summed E-state index contributed by atoms with van der Waals surface area (Å²) in [4.78, 5) is 12.5. The molecule has 0 N–H and O–H groups in total. The summed E-state index contributed by atoms with van der Waals surface area (Å²) in [5.41, 5.74) is 1.91. The van der Waals surface area contributed by atoms with Crippen LogP contribution < -0.4 is 0 Å². The van der Waals surface area contributed by atoms with E-state index in [2.05, 4.69) is 0 Å². The molecule has 0 bridgehead atoms. The van der Waals surface area contributed by atoms with Crippen molar-refractivity contribution in [3.63, 3.8) is 0 Å². The van der Waals surface area contributed by atoms with Crippen molar-refractivity contribution in [1.29, 1.82) is 0 Å². The number of hydrogen-bond acceptors (Lipinski definition) is 1. The van der Waals surface area contributed by atoms with Gasteiger partial charge in [0.2, 0.25) is 0 Å². The van der Waals surface area contributed by atoms with Crippen LogP contribution in [-0.4, -0.2) is 10.4 Å². The van der Waals surface area contributed by atoms with E-state index in [9.17, 15) is 4.79 Å². The molecule has 2 nitrogen and oxygen atoms in total. The summed E-state index contributed by atoms with van der Waals surface area (Å²) in [6.45, 7) is 0. The lowest BCUT2D eigenvalue weighted by molar-refractivity contribution is 0.0924. The second kappa shape index (κ2) is 4.43. The van der Waals surface area contributed by atoms with Crippen LogP contribution in [0.4, 0.5) is 0 Å². The SMILES string of the molecule is Cn1cc(C(=O)C2CCCC2)c2cc(Cl)ccc21. The number of halogens is 1. The Hall–Kier alpha value is -1.28. The van der Waals surface area contributed by atoms with Crippen molar-refractivity contribution in [2.45, 2.75) is 25.7 Å². The fraction of sp³-hybridized carbons (Fsp3) is 0.400. The number of carbonyl (C=O) groups is 1. The number of rotatable bonds is 2. The molecule has 0 radical (unpaired) electrons. The maximum absolute atomic E-state index is 12.5. The highest BCUT2D eigenvalue weighted by Crippen LogP contribution is 2.32. The van der Waals surface area contributed by atoms with Gasteiger partial charge in [-0.2, -0.15) is 0 Å². The lowest BCUT2D eigenvalue weighted by atomic mass is 9.96. The van der Waals surface area contributed by atoms with Gasteiger partial charge in [0, 0.05) is 40.7 Å². The minimum atomic E-state index is 0.217. The maximum Gasteiger partial charge on any atom is 0.168 e. The van der Waals surface area contributed by atoms with E-state index >= 15 is 0 Å². The summed E-state index contributed by atoms with van der Waals surface area (Å²) in [6.07, 6.45) is 6.39. The fourth-order valence-corrected chi connectivity index (χ4v) is 3.14. The van der Waals surface area contributed by atoms with E-state index in [4.69, 9.17) is 11.6 Å². The van der Waals surface area contributed by atoms with E-state index in [1.54, 1.807) is 0 Å². The van der Waals surface area contributed by atoms with E-state index in [-0.39, 0.29) is 5.92 Å². The zero-order valence-electron chi connectivity index (χ0n) is 10.4. The molecule has 0 atom stereocenters. The summed E-state index contributed by atoms with van der Waals surface area (Å²) in [7, 11) is 1.97. The second-order valence-corrected chi connectivity index (χ2v) is 5.60. The van der Waals surface area contributed by atoms with Crippen molar-refractivity contribution < 1.29 is 4.79 Å². The largest absolute Gasteiger partial charge is 0.350 e. The fourth-order valence-electron chi connectivity index (χ4n) is 2.97. The lowest BCUT2D eigenvalue weighted by Crippen LogP contribution is -2.10. The highest BCUT2D eigenvalue weighted by atomic mass is 35.5. The molecule has 0 unspecified atom stereocenters. The first kappa shape index (κ1) is 11.8. The molecule has 2 aromatic rings. The van der Waals surface area contributed by atoms with Gasteiger partial charge in [-0.1, -0.05) is 24.4 Å². The van der Waals surface area contributed by atoms with Crippen LogP contribution in [0.3, 0.4) is 0 Å². The Balaban J connectivity index is 2.10. The molecule has 0 aliphatic heterocycles. The zero-order chi connectivity index (χ0) is 12.7. The van der Waals surface area contributed by atoms with Gasteiger partial charge in [0.15, 0.2) is 5.78 Å². The summed E-state index contributed by atoms with van der Waals surface area (Å²) in [5.74, 6) is 0.509. The van der Waals surface area contributed by atoms with Gasteiger partial charge in [0.1, 0.15) is 0 Å². The maximum atomic E-state index is 12.5. The minimum absolute atomic E-state index is 0.217. The molecule has 1 aliphatic rings. The lowest BCUT2D eigenvalue weighted by Gasteiger charge is -2.06. The van der Waals surface area contributed by atoms with Crippen molar-refractivity contribution in [1.82, 2.24) is 4.57 Å². The molecule has 0 amide bonds. The molecule has 94 valence electrons. The molecule has 3 heteroatoms. The summed E-state index contributed by atoms with van der Waals surface area (Å²) < 4.78 is 2.01. The molecule has 1 aromatic heterocycles. The van der Waals surface area contributed by atoms with Gasteiger partial charge in [0.05, 0.1) is 0 Å². The number of nitrogens with zero attached hydrogens (tertiary/aromatic N) is 1. The Morgan fingerprint density at radius 1 is 1.33 bits per heavy atom. The van der Waals surface area contributed by atoms with Gasteiger partial charge >= 0.3 is 0 Å². The Morgan fingerprint density at radius 3 is 2.78 bits per heavy atom. The van der Waals surface area contributed by atoms with Crippen LogP contribution in [-0.2, 0) is 7.05 Å². The van der Waals surface area contributed by atoms with Gasteiger partial charge in [0.25, 0.3) is 0 Å². The first-order valence-electron chi connectivity index (χ1n) is 6.45. The quantitative estimate of drug-likeness (QED) is 0.743. The van der Waals surface area contributed by atoms with Crippen LogP contribution in [0.2, 0.25) is 5.02 Å². The molecule has 0 saturated heterocycles. The Kier molecular flexibility index (Phi) is 2.90. The molecular weight excluding hydrogens is 246 g/mol. The molecule has 1 fully saturated rings. The molecule has 3 rings (SSSR count). The third-order valence-corrected chi connectivity index (χ3v) is 4.18. The van der Waals surface area contributed by atoms with E-state index in [0.717, 1.165) is 29.3 Å².